The fourth-order valence-corrected chi connectivity index (χ4v) is 10.2. The Kier molecular flexibility index (Phi) is 20.2. The van der Waals surface area contributed by atoms with Gasteiger partial charge in [0, 0.05) is 18.2 Å². The largest absolute Gasteiger partial charge is 0.616 e. The van der Waals surface area contributed by atoms with Gasteiger partial charge in [0.2, 0.25) is 16.5 Å². The number of ether oxygens (including phenoxy) is 5. The summed E-state index contributed by atoms with van der Waals surface area (Å²) in [4.78, 5) is 65.1. The summed E-state index contributed by atoms with van der Waals surface area (Å²) in [6, 6.07) is 10.4. The molecule has 1 N–H and O–H groups in total. The van der Waals surface area contributed by atoms with Gasteiger partial charge in [-0.25, -0.2) is 4.79 Å². The third-order valence-corrected chi connectivity index (χ3v) is 13.9. The van der Waals surface area contributed by atoms with Crippen LogP contribution in [0.1, 0.15) is 83.1 Å². The van der Waals surface area contributed by atoms with E-state index in [1.165, 1.54) is 49.0 Å². The second-order valence-electron chi connectivity index (χ2n) is 14.2. The number of rotatable bonds is 20. The molecule has 1 aromatic carbocycles. The first-order valence-corrected chi connectivity index (χ1v) is 24.2. The van der Waals surface area contributed by atoms with Gasteiger partial charge in [-0.3, -0.25) is 24.1 Å². The first-order valence-electron chi connectivity index (χ1n) is 19.8. The highest BCUT2D eigenvalue weighted by Gasteiger charge is 2.58. The Labute approximate surface area is 382 Å². The van der Waals surface area contributed by atoms with Crippen molar-refractivity contribution in [2.75, 3.05) is 25.8 Å². The van der Waals surface area contributed by atoms with E-state index in [1.807, 2.05) is 29.6 Å². The number of hydrogen-bond donors (Lipinski definition) is 1. The third-order valence-electron chi connectivity index (χ3n) is 9.44. The molecule has 0 aliphatic carbocycles. The molecule has 1 saturated heterocycles. The van der Waals surface area contributed by atoms with Crippen molar-refractivity contribution in [1.29, 1.82) is 5.26 Å². The van der Waals surface area contributed by atoms with E-state index in [0.29, 0.717) is 6.79 Å². The molecule has 3 aliphatic rings. The molecule has 3 aliphatic heterocycles. The number of benzene rings is 1. The molecular formula is C41H50Cl3N3O11S3. The quantitative estimate of drug-likeness (QED) is 0.0348. The Morgan fingerprint density at radius 1 is 1.08 bits per heavy atom. The Bertz CT molecular complexity index is 1910. The number of fused-ring (bicyclic) bond motifs is 2. The summed E-state index contributed by atoms with van der Waals surface area (Å²) in [5.74, 6) is -3.03. The molecule has 0 spiro atoms. The fourth-order valence-electron chi connectivity index (χ4n) is 6.49. The van der Waals surface area contributed by atoms with E-state index in [0.717, 1.165) is 58.6 Å². The smallest absolute Gasteiger partial charge is 0.358 e. The number of thioether (sulfide) groups is 1. The van der Waals surface area contributed by atoms with Crippen LogP contribution in [-0.2, 0) is 62.2 Å². The number of hydrogen-bond acceptors (Lipinski definition) is 14. The van der Waals surface area contributed by atoms with Crippen molar-refractivity contribution in [2.45, 2.75) is 111 Å². The topological polar surface area (TPSA) is 194 Å². The average Bonchev–Trinajstić information content (AvgIpc) is 3.91. The molecule has 4 heterocycles. The van der Waals surface area contributed by atoms with Crippen LogP contribution in [0.15, 0.2) is 47.2 Å². The van der Waals surface area contributed by atoms with Gasteiger partial charge in [0.05, 0.1) is 24.3 Å². The summed E-state index contributed by atoms with van der Waals surface area (Å²) in [6.45, 7) is 6.60. The lowest BCUT2D eigenvalue weighted by atomic mass is 9.99. The van der Waals surface area contributed by atoms with E-state index in [-0.39, 0.29) is 30.5 Å². The van der Waals surface area contributed by atoms with E-state index >= 15 is 0 Å². The number of thiophene rings is 1. The van der Waals surface area contributed by atoms with E-state index in [1.54, 1.807) is 19.1 Å². The van der Waals surface area contributed by atoms with E-state index in [2.05, 4.69) is 19.2 Å². The molecule has 0 bridgehead atoms. The minimum absolute atomic E-state index is 0.0271. The predicted molar refractivity (Wildman–Crippen MR) is 234 cm³/mol. The standard InChI is InChI=1S/C23H22Cl3N3O8S2.C18H28O3S/c1-3-35-21(33)12(9-27)7-14-18(37-11(2)30)17(22(34)36-10-23(24,25)26)29-19(32)16(20(29)39-14)28-15(31)8-13-5-4-6-38-13;1-3-4-5-6-7-8-11-22(19)15(2)12-16-9-10-17-18(13-16)21-14-20-17/h4-6,12,14,16,20H,3,7-8,10H2,1-2H3,(H,28,31);9-10,13,15H,3-8,11-12,14H2,1-2H3/t12?,14?,16?,20-;/m1./s1. The van der Waals surface area contributed by atoms with Gasteiger partial charge in [0.15, 0.2) is 23.0 Å². The number of halogens is 3. The predicted octanol–water partition coefficient (Wildman–Crippen LogP) is 7.30. The van der Waals surface area contributed by atoms with Crippen LogP contribution in [0.3, 0.4) is 0 Å². The molecule has 2 aromatic rings. The lowest BCUT2D eigenvalue weighted by molar-refractivity contribution is -0.154. The van der Waals surface area contributed by atoms with Crippen molar-refractivity contribution in [3.63, 3.8) is 0 Å². The van der Waals surface area contributed by atoms with Crippen LogP contribution in [0, 0.1) is 17.2 Å². The van der Waals surface area contributed by atoms with Gasteiger partial charge in [0.25, 0.3) is 5.91 Å². The second kappa shape index (κ2) is 24.5. The van der Waals surface area contributed by atoms with Crippen molar-refractivity contribution < 1.29 is 52.2 Å². The fraction of sp³-hybridized carbons (Fsp3) is 0.561. The maximum atomic E-state index is 13.2. The molecule has 1 aromatic heterocycles. The number of esters is 3. The zero-order valence-corrected chi connectivity index (χ0v) is 39.0. The number of carbonyl (C=O) groups excluding carboxylic acids is 5. The molecule has 5 rings (SSSR count). The number of nitrogens with zero attached hydrogens (tertiary/aromatic N) is 2. The van der Waals surface area contributed by atoms with Crippen LogP contribution in [0.5, 0.6) is 11.5 Å². The number of carbonyl (C=O) groups is 5. The van der Waals surface area contributed by atoms with Crippen LogP contribution in [0.25, 0.3) is 0 Å². The zero-order valence-electron chi connectivity index (χ0n) is 34.3. The summed E-state index contributed by atoms with van der Waals surface area (Å²) < 4.78 is 36.4. The molecule has 334 valence electrons. The SMILES string of the molecule is CCCCCCCC[S+]([O-])C(C)Cc1ccc2c(c1)OCO2.CCOC(=O)C(C#N)CC1S[C@@H]2C(NC(=O)Cc3cccs3)C(=O)N2C(C(=O)OCC(Cl)(Cl)Cl)=C1OC(C)=O. The summed E-state index contributed by atoms with van der Waals surface area (Å²) in [6.07, 6.45) is 8.12. The molecule has 14 nitrogen and oxygen atoms in total. The molecule has 0 saturated carbocycles. The zero-order chi connectivity index (χ0) is 44.7. The maximum Gasteiger partial charge on any atom is 0.358 e. The molecule has 2 amide bonds. The van der Waals surface area contributed by atoms with Gasteiger partial charge in [-0.2, -0.15) is 5.26 Å². The second-order valence-corrected chi connectivity index (χ2v) is 21.1. The number of alkyl halides is 3. The van der Waals surface area contributed by atoms with E-state index in [9.17, 15) is 33.8 Å². The minimum Gasteiger partial charge on any atom is -0.616 e. The normalized spacial score (nSPS) is 19.2. The number of β-lactam (4-membered cyclic amide) rings is 1. The van der Waals surface area contributed by atoms with Crippen LogP contribution in [0.2, 0.25) is 0 Å². The minimum atomic E-state index is -1.98. The monoisotopic (exact) mass is 961 g/mol. The van der Waals surface area contributed by atoms with Crippen molar-refractivity contribution in [3.05, 3.63) is 57.6 Å². The lowest BCUT2D eigenvalue weighted by Gasteiger charge is -2.51. The lowest BCUT2D eigenvalue weighted by Crippen LogP contribution is -2.71. The first kappa shape index (κ1) is 50.3. The van der Waals surface area contributed by atoms with Crippen LogP contribution in [0.4, 0.5) is 0 Å². The molecule has 1 fully saturated rings. The van der Waals surface area contributed by atoms with Gasteiger partial charge in [-0.15, -0.1) is 23.1 Å². The number of nitrogens with one attached hydrogen (secondary N) is 1. The summed E-state index contributed by atoms with van der Waals surface area (Å²) in [5.41, 5.74) is 0.718. The molecule has 61 heavy (non-hydrogen) atoms. The summed E-state index contributed by atoms with van der Waals surface area (Å²) in [5, 5.41) is 12.4. The van der Waals surface area contributed by atoms with Gasteiger partial charge < -0.3 is 33.6 Å². The van der Waals surface area contributed by atoms with Crippen molar-refractivity contribution >= 4 is 98.8 Å². The van der Waals surface area contributed by atoms with Crippen molar-refractivity contribution in [3.8, 4) is 17.6 Å². The Morgan fingerprint density at radius 3 is 2.46 bits per heavy atom. The number of amides is 2. The Morgan fingerprint density at radius 2 is 1.80 bits per heavy atom. The van der Waals surface area contributed by atoms with E-state index < -0.39 is 79.6 Å². The van der Waals surface area contributed by atoms with E-state index in [4.69, 9.17) is 58.5 Å². The van der Waals surface area contributed by atoms with Gasteiger partial charge in [-0.05, 0) is 62.3 Å². The van der Waals surface area contributed by atoms with Crippen molar-refractivity contribution in [1.82, 2.24) is 10.2 Å². The first-order chi connectivity index (χ1) is 29.1. The highest BCUT2D eigenvalue weighted by molar-refractivity contribution is 8.00. The average molecular weight is 963 g/mol. The number of nitriles is 1. The Balaban J connectivity index is 0.000000314. The molecule has 6 atom stereocenters. The highest BCUT2D eigenvalue weighted by Crippen LogP contribution is 2.47. The highest BCUT2D eigenvalue weighted by atomic mass is 35.6. The molecule has 20 heteroatoms. The molecular weight excluding hydrogens is 913 g/mol. The Hall–Kier alpha value is -3.37. The van der Waals surface area contributed by atoms with Crippen LogP contribution < -0.4 is 14.8 Å². The number of unbranched alkanes of at least 4 members (excludes halogenated alkanes) is 5. The van der Waals surface area contributed by atoms with Crippen LogP contribution >= 0.6 is 57.9 Å². The maximum absolute atomic E-state index is 13.2. The molecule has 5 unspecified atom stereocenters. The molecule has 0 radical (unpaired) electrons. The van der Waals surface area contributed by atoms with Gasteiger partial charge in [-0.1, -0.05) is 90.7 Å². The summed E-state index contributed by atoms with van der Waals surface area (Å²) in [7, 11) is 0. The van der Waals surface area contributed by atoms with Gasteiger partial charge >= 0.3 is 17.9 Å². The van der Waals surface area contributed by atoms with Crippen molar-refractivity contribution in [2.24, 2.45) is 5.92 Å². The third kappa shape index (κ3) is 15.1. The van der Waals surface area contributed by atoms with Crippen LogP contribution in [-0.4, -0.2) is 90.6 Å². The summed E-state index contributed by atoms with van der Waals surface area (Å²) >= 11 is 18.8. The van der Waals surface area contributed by atoms with Gasteiger partial charge in [0.1, 0.15) is 34.9 Å².